The van der Waals surface area contributed by atoms with Crippen LogP contribution < -0.4 is 10.1 Å². The molecule has 0 aliphatic carbocycles. The van der Waals surface area contributed by atoms with Gasteiger partial charge < -0.3 is 15.2 Å². The first-order valence-electron chi connectivity index (χ1n) is 7.38. The lowest BCUT2D eigenvalue weighted by molar-refractivity contribution is 0.170. The molecule has 0 amide bonds. The molecular formula is C18H22FNO2. The van der Waals surface area contributed by atoms with Gasteiger partial charge in [-0.05, 0) is 48.7 Å². The Morgan fingerprint density at radius 3 is 2.32 bits per heavy atom. The van der Waals surface area contributed by atoms with E-state index in [4.69, 9.17) is 4.74 Å². The molecule has 2 rings (SSSR count). The van der Waals surface area contributed by atoms with Crippen LogP contribution in [0.1, 0.15) is 24.2 Å². The molecule has 2 aromatic carbocycles. The summed E-state index contributed by atoms with van der Waals surface area (Å²) < 4.78 is 18.0. The van der Waals surface area contributed by atoms with Crippen molar-refractivity contribution in [1.82, 2.24) is 5.32 Å². The van der Waals surface area contributed by atoms with E-state index in [-0.39, 0.29) is 11.9 Å². The van der Waals surface area contributed by atoms with E-state index in [9.17, 15) is 9.50 Å². The minimum atomic E-state index is -0.640. The quantitative estimate of drug-likeness (QED) is 0.826. The Kier molecular flexibility index (Phi) is 5.92. The molecule has 0 fully saturated rings. The summed E-state index contributed by atoms with van der Waals surface area (Å²) in [6, 6.07) is 14.1. The average molecular weight is 303 g/mol. The largest absolute Gasteiger partial charge is 0.497 e. The normalized spacial score (nSPS) is 13.6. The van der Waals surface area contributed by atoms with Gasteiger partial charge in [0.2, 0.25) is 0 Å². The fourth-order valence-corrected chi connectivity index (χ4v) is 2.30. The molecule has 2 atom stereocenters. The van der Waals surface area contributed by atoms with Gasteiger partial charge in [0.25, 0.3) is 0 Å². The van der Waals surface area contributed by atoms with Crippen LogP contribution in [0.3, 0.4) is 0 Å². The Labute approximate surface area is 130 Å². The smallest absolute Gasteiger partial charge is 0.123 e. The molecule has 0 aliphatic rings. The Bertz CT molecular complexity index is 569. The van der Waals surface area contributed by atoms with Crippen LogP contribution in [0.5, 0.6) is 5.75 Å². The maximum atomic E-state index is 12.9. The van der Waals surface area contributed by atoms with Crippen LogP contribution in [0.15, 0.2) is 48.5 Å². The number of hydrogen-bond donors (Lipinski definition) is 2. The van der Waals surface area contributed by atoms with E-state index in [0.29, 0.717) is 12.1 Å². The first-order valence-corrected chi connectivity index (χ1v) is 7.38. The van der Waals surface area contributed by atoms with E-state index in [1.54, 1.807) is 19.2 Å². The summed E-state index contributed by atoms with van der Waals surface area (Å²) in [4.78, 5) is 0. The molecule has 22 heavy (non-hydrogen) atoms. The number of nitrogens with one attached hydrogen (secondary N) is 1. The molecule has 0 bridgehead atoms. The molecule has 118 valence electrons. The van der Waals surface area contributed by atoms with Crippen LogP contribution in [0.25, 0.3) is 0 Å². The third-order valence-electron chi connectivity index (χ3n) is 3.62. The maximum absolute atomic E-state index is 12.9. The number of rotatable bonds is 7. The molecule has 0 saturated carbocycles. The Morgan fingerprint density at radius 1 is 1.09 bits per heavy atom. The van der Waals surface area contributed by atoms with Gasteiger partial charge in [-0.3, -0.25) is 0 Å². The summed E-state index contributed by atoms with van der Waals surface area (Å²) in [5, 5.41) is 13.4. The summed E-state index contributed by atoms with van der Waals surface area (Å²) in [7, 11) is 1.65. The molecule has 0 aromatic heterocycles. The zero-order valence-corrected chi connectivity index (χ0v) is 12.9. The van der Waals surface area contributed by atoms with Crippen molar-refractivity contribution in [2.75, 3.05) is 13.7 Å². The first kappa shape index (κ1) is 16.5. The van der Waals surface area contributed by atoms with Crippen molar-refractivity contribution >= 4 is 0 Å². The second kappa shape index (κ2) is 7.92. The standard InChI is InChI=1S/C18H22FNO2/c1-13(11-14-3-9-17(22-2)10-4-14)20-12-18(21)15-5-7-16(19)8-6-15/h3-10,13,18,20-21H,11-12H2,1-2H3. The Morgan fingerprint density at radius 2 is 1.73 bits per heavy atom. The lowest BCUT2D eigenvalue weighted by Crippen LogP contribution is -2.32. The second-order valence-corrected chi connectivity index (χ2v) is 5.43. The van der Waals surface area contributed by atoms with Crippen LogP contribution in [0.2, 0.25) is 0 Å². The monoisotopic (exact) mass is 303 g/mol. The summed E-state index contributed by atoms with van der Waals surface area (Å²) in [6.45, 7) is 2.50. The topological polar surface area (TPSA) is 41.5 Å². The first-order chi connectivity index (χ1) is 10.6. The molecule has 0 aliphatic heterocycles. The van der Waals surface area contributed by atoms with Crippen molar-refractivity contribution in [3.63, 3.8) is 0 Å². The zero-order chi connectivity index (χ0) is 15.9. The minimum Gasteiger partial charge on any atom is -0.497 e. The maximum Gasteiger partial charge on any atom is 0.123 e. The Hall–Kier alpha value is -1.91. The number of benzene rings is 2. The van der Waals surface area contributed by atoms with Crippen LogP contribution >= 0.6 is 0 Å². The number of methoxy groups -OCH3 is 1. The fraction of sp³-hybridized carbons (Fsp3) is 0.333. The highest BCUT2D eigenvalue weighted by molar-refractivity contribution is 5.27. The molecule has 3 nitrogen and oxygen atoms in total. The van der Waals surface area contributed by atoms with Gasteiger partial charge in [0.1, 0.15) is 11.6 Å². The van der Waals surface area contributed by atoms with Crippen molar-refractivity contribution in [2.24, 2.45) is 0 Å². The predicted molar refractivity (Wildman–Crippen MR) is 85.5 cm³/mol. The molecule has 0 radical (unpaired) electrons. The van der Waals surface area contributed by atoms with E-state index in [1.165, 1.54) is 17.7 Å². The summed E-state index contributed by atoms with van der Waals surface area (Å²) in [5.41, 5.74) is 1.92. The van der Waals surface area contributed by atoms with Gasteiger partial charge in [0, 0.05) is 12.6 Å². The number of ether oxygens (including phenoxy) is 1. The highest BCUT2D eigenvalue weighted by Crippen LogP contribution is 2.14. The van der Waals surface area contributed by atoms with E-state index in [0.717, 1.165) is 12.2 Å². The highest BCUT2D eigenvalue weighted by atomic mass is 19.1. The molecule has 0 heterocycles. The van der Waals surface area contributed by atoms with E-state index in [2.05, 4.69) is 12.2 Å². The van der Waals surface area contributed by atoms with E-state index >= 15 is 0 Å². The number of halogens is 1. The molecule has 0 spiro atoms. The predicted octanol–water partition coefficient (Wildman–Crippen LogP) is 3.09. The molecule has 2 aromatic rings. The van der Waals surface area contributed by atoms with Gasteiger partial charge in [-0.25, -0.2) is 4.39 Å². The van der Waals surface area contributed by atoms with Gasteiger partial charge in [0.15, 0.2) is 0 Å². The van der Waals surface area contributed by atoms with E-state index < -0.39 is 6.10 Å². The molecule has 4 heteroatoms. The SMILES string of the molecule is COc1ccc(CC(C)NCC(O)c2ccc(F)cc2)cc1. The zero-order valence-electron chi connectivity index (χ0n) is 12.9. The highest BCUT2D eigenvalue weighted by Gasteiger charge is 2.10. The van der Waals surface area contributed by atoms with Crippen molar-refractivity contribution < 1.29 is 14.2 Å². The lowest BCUT2D eigenvalue weighted by atomic mass is 10.1. The second-order valence-electron chi connectivity index (χ2n) is 5.43. The molecule has 2 N–H and O–H groups in total. The van der Waals surface area contributed by atoms with Gasteiger partial charge >= 0.3 is 0 Å². The summed E-state index contributed by atoms with van der Waals surface area (Å²) in [6.07, 6.45) is 0.221. The number of hydrogen-bond acceptors (Lipinski definition) is 3. The van der Waals surface area contributed by atoms with Crippen molar-refractivity contribution in [1.29, 1.82) is 0 Å². The minimum absolute atomic E-state index is 0.225. The number of aliphatic hydroxyl groups is 1. The molecular weight excluding hydrogens is 281 g/mol. The molecule has 0 saturated heterocycles. The van der Waals surface area contributed by atoms with Crippen LogP contribution in [0, 0.1) is 5.82 Å². The van der Waals surface area contributed by atoms with Crippen LogP contribution in [-0.2, 0) is 6.42 Å². The van der Waals surface area contributed by atoms with Gasteiger partial charge in [0.05, 0.1) is 13.2 Å². The lowest BCUT2D eigenvalue weighted by Gasteiger charge is -2.17. The van der Waals surface area contributed by atoms with Crippen molar-refractivity contribution in [3.05, 3.63) is 65.5 Å². The summed E-state index contributed by atoms with van der Waals surface area (Å²) in [5.74, 6) is 0.549. The number of aliphatic hydroxyl groups excluding tert-OH is 1. The van der Waals surface area contributed by atoms with Crippen molar-refractivity contribution in [2.45, 2.75) is 25.5 Å². The molecule has 2 unspecified atom stereocenters. The van der Waals surface area contributed by atoms with Crippen LogP contribution in [0.4, 0.5) is 4.39 Å². The van der Waals surface area contributed by atoms with Gasteiger partial charge in [-0.15, -0.1) is 0 Å². The summed E-state index contributed by atoms with van der Waals surface area (Å²) >= 11 is 0. The average Bonchev–Trinajstić information content (AvgIpc) is 2.54. The van der Waals surface area contributed by atoms with Crippen LogP contribution in [-0.4, -0.2) is 24.8 Å². The third kappa shape index (κ3) is 4.83. The van der Waals surface area contributed by atoms with Gasteiger partial charge in [-0.1, -0.05) is 24.3 Å². The van der Waals surface area contributed by atoms with Crippen molar-refractivity contribution in [3.8, 4) is 5.75 Å². The fourth-order valence-electron chi connectivity index (χ4n) is 2.30. The Balaban J connectivity index is 1.81. The van der Waals surface area contributed by atoms with E-state index in [1.807, 2.05) is 24.3 Å². The third-order valence-corrected chi connectivity index (χ3v) is 3.62. The van der Waals surface area contributed by atoms with Gasteiger partial charge in [-0.2, -0.15) is 0 Å².